The Labute approximate surface area is 131 Å². The van der Waals surface area contributed by atoms with Crippen molar-refractivity contribution in [1.29, 1.82) is 0 Å². The van der Waals surface area contributed by atoms with Crippen LogP contribution in [0.5, 0.6) is 0 Å². The number of imidazole rings is 1. The van der Waals surface area contributed by atoms with E-state index in [1.807, 2.05) is 43.3 Å². The zero-order valence-electron chi connectivity index (χ0n) is 13.1. The predicted octanol–water partition coefficient (Wildman–Crippen LogP) is 3.10. The molecule has 2 aromatic rings. The molecule has 4 heteroatoms. The number of rotatable bonds is 6. The second kappa shape index (κ2) is 6.89. The molecule has 0 bridgehead atoms. The molecule has 2 rings (SSSR count). The topological polar surface area (TPSA) is 46.9 Å². The molecule has 1 heterocycles. The molecule has 0 radical (unpaired) electrons. The van der Waals surface area contributed by atoms with Crippen LogP contribution in [-0.4, -0.2) is 15.5 Å². The first-order valence-corrected chi connectivity index (χ1v) is 7.21. The minimum atomic E-state index is -0.156. The van der Waals surface area contributed by atoms with E-state index in [4.69, 9.17) is 0 Å². The number of carbonyl (C=O) groups excluding carboxylic acids is 1. The first kappa shape index (κ1) is 15.8. The monoisotopic (exact) mass is 295 g/mol. The minimum absolute atomic E-state index is 0.156. The van der Waals surface area contributed by atoms with Gasteiger partial charge >= 0.3 is 0 Å². The summed E-state index contributed by atoms with van der Waals surface area (Å²) in [6.45, 7) is 11.5. The van der Waals surface area contributed by atoms with Gasteiger partial charge in [-0.05, 0) is 26.0 Å². The van der Waals surface area contributed by atoms with Gasteiger partial charge in [0, 0.05) is 17.7 Å². The van der Waals surface area contributed by atoms with Gasteiger partial charge in [0.15, 0.2) is 0 Å². The van der Waals surface area contributed by atoms with Gasteiger partial charge in [-0.1, -0.05) is 30.9 Å². The maximum absolute atomic E-state index is 11.7. The molecule has 0 fully saturated rings. The number of nitrogens with one attached hydrogen (secondary N) is 1. The number of hydrogen-bond donors (Lipinski definition) is 1. The van der Waals surface area contributed by atoms with Gasteiger partial charge in [0.1, 0.15) is 5.82 Å². The van der Waals surface area contributed by atoms with Gasteiger partial charge in [-0.2, -0.15) is 0 Å². The Balaban J connectivity index is 2.37. The lowest BCUT2D eigenvalue weighted by Gasteiger charge is -2.10. The summed E-state index contributed by atoms with van der Waals surface area (Å²) < 4.78 is 2.10. The summed E-state index contributed by atoms with van der Waals surface area (Å²) in [6, 6.07) is 10.1. The van der Waals surface area contributed by atoms with Crippen LogP contribution in [0.2, 0.25) is 0 Å². The van der Waals surface area contributed by atoms with Gasteiger partial charge in [0.05, 0.1) is 17.9 Å². The zero-order chi connectivity index (χ0) is 16.1. The minimum Gasteiger partial charge on any atom is -0.347 e. The molecule has 0 aliphatic heterocycles. The van der Waals surface area contributed by atoms with Crippen LogP contribution < -0.4 is 5.32 Å². The van der Waals surface area contributed by atoms with Gasteiger partial charge < -0.3 is 9.88 Å². The van der Waals surface area contributed by atoms with Crippen molar-refractivity contribution in [3.05, 3.63) is 72.4 Å². The number of para-hydroxylation sites is 1. The van der Waals surface area contributed by atoms with E-state index in [1.165, 1.54) is 0 Å². The molecule has 0 spiro atoms. The Morgan fingerprint density at radius 2 is 2.05 bits per heavy atom. The van der Waals surface area contributed by atoms with Crippen LogP contribution in [0.1, 0.15) is 24.1 Å². The smallest absolute Gasteiger partial charge is 0.246 e. The second-order valence-corrected chi connectivity index (χ2v) is 5.18. The van der Waals surface area contributed by atoms with E-state index < -0.39 is 0 Å². The summed E-state index contributed by atoms with van der Waals surface area (Å²) in [4.78, 5) is 16.3. The highest BCUT2D eigenvalue weighted by molar-refractivity contribution is 5.91. The summed E-state index contributed by atoms with van der Waals surface area (Å²) in [7, 11) is 0. The number of aryl methyl sites for hydroxylation is 1. The number of nitrogens with zero attached hydrogens (tertiary/aromatic N) is 2. The molecule has 0 unspecified atom stereocenters. The zero-order valence-corrected chi connectivity index (χ0v) is 13.1. The molecule has 114 valence electrons. The molecule has 1 amide bonds. The van der Waals surface area contributed by atoms with Crippen molar-refractivity contribution in [3.63, 3.8) is 0 Å². The van der Waals surface area contributed by atoms with Crippen LogP contribution in [0.25, 0.3) is 5.69 Å². The summed E-state index contributed by atoms with van der Waals surface area (Å²) in [5.74, 6) is 0.735. The van der Waals surface area contributed by atoms with Crippen molar-refractivity contribution in [3.8, 4) is 5.69 Å². The van der Waals surface area contributed by atoms with Crippen molar-refractivity contribution in [2.45, 2.75) is 26.8 Å². The van der Waals surface area contributed by atoms with Gasteiger partial charge in [-0.3, -0.25) is 4.79 Å². The van der Waals surface area contributed by atoms with Crippen LogP contribution in [0.4, 0.5) is 0 Å². The van der Waals surface area contributed by atoms with E-state index >= 15 is 0 Å². The maximum atomic E-state index is 11.7. The van der Waals surface area contributed by atoms with Crippen molar-refractivity contribution < 1.29 is 4.79 Å². The number of carbonyl (C=O) groups is 1. The summed E-state index contributed by atoms with van der Waals surface area (Å²) in [5.41, 5.74) is 3.45. The van der Waals surface area contributed by atoms with E-state index in [0.717, 1.165) is 22.9 Å². The molecule has 0 aliphatic carbocycles. The largest absolute Gasteiger partial charge is 0.347 e. The van der Waals surface area contributed by atoms with E-state index in [2.05, 4.69) is 28.0 Å². The molecule has 1 aromatic heterocycles. The van der Waals surface area contributed by atoms with E-state index in [1.54, 1.807) is 6.92 Å². The average Bonchev–Trinajstić information content (AvgIpc) is 2.81. The van der Waals surface area contributed by atoms with Crippen molar-refractivity contribution in [2.24, 2.45) is 0 Å². The Kier molecular flexibility index (Phi) is 4.94. The lowest BCUT2D eigenvalue weighted by atomic mass is 10.2. The molecule has 1 N–H and O–H groups in total. The van der Waals surface area contributed by atoms with Gasteiger partial charge in [0.25, 0.3) is 0 Å². The second-order valence-electron chi connectivity index (χ2n) is 5.18. The summed E-state index contributed by atoms with van der Waals surface area (Å²) in [5, 5.41) is 2.84. The van der Waals surface area contributed by atoms with Crippen LogP contribution in [0.3, 0.4) is 0 Å². The van der Waals surface area contributed by atoms with E-state index in [-0.39, 0.29) is 5.91 Å². The highest BCUT2D eigenvalue weighted by Crippen LogP contribution is 2.19. The molecular weight excluding hydrogens is 274 g/mol. The molecule has 0 saturated carbocycles. The molecule has 22 heavy (non-hydrogen) atoms. The fraction of sp³-hybridized carbons (Fsp3) is 0.222. The Bertz CT molecular complexity index is 699. The van der Waals surface area contributed by atoms with Crippen LogP contribution >= 0.6 is 0 Å². The van der Waals surface area contributed by atoms with Crippen molar-refractivity contribution >= 4 is 5.91 Å². The standard InChI is InChI=1S/C18H21N3O/c1-5-9-17-16(12-19-18(22)13(2)3)20-14(4)21(17)15-10-7-6-8-11-15/h5-8,10-11H,1-2,9,12H2,3-4H3,(H,19,22). The lowest BCUT2D eigenvalue weighted by molar-refractivity contribution is -0.117. The number of aromatic nitrogens is 2. The molecule has 0 aliphatic rings. The number of benzene rings is 1. The van der Waals surface area contributed by atoms with Gasteiger partial charge in [-0.15, -0.1) is 6.58 Å². The maximum Gasteiger partial charge on any atom is 0.246 e. The Hall–Kier alpha value is -2.62. The SMILES string of the molecule is C=CCc1c(CNC(=O)C(=C)C)nc(C)n1-c1ccccc1. The van der Waals surface area contributed by atoms with E-state index in [0.29, 0.717) is 18.5 Å². The van der Waals surface area contributed by atoms with Crippen molar-refractivity contribution in [2.75, 3.05) is 0 Å². The van der Waals surface area contributed by atoms with Gasteiger partial charge in [-0.25, -0.2) is 4.98 Å². The number of hydrogen-bond acceptors (Lipinski definition) is 2. The quantitative estimate of drug-likeness (QED) is 0.657. The third kappa shape index (κ3) is 3.34. The first-order chi connectivity index (χ1) is 10.5. The summed E-state index contributed by atoms with van der Waals surface area (Å²) in [6.07, 6.45) is 2.54. The first-order valence-electron chi connectivity index (χ1n) is 7.21. The van der Waals surface area contributed by atoms with Crippen LogP contribution in [0, 0.1) is 6.92 Å². The molecule has 0 saturated heterocycles. The highest BCUT2D eigenvalue weighted by Gasteiger charge is 2.15. The highest BCUT2D eigenvalue weighted by atomic mass is 16.1. The van der Waals surface area contributed by atoms with Gasteiger partial charge in [0.2, 0.25) is 5.91 Å². The molecule has 4 nitrogen and oxygen atoms in total. The normalized spacial score (nSPS) is 10.3. The Morgan fingerprint density at radius 3 is 2.64 bits per heavy atom. The third-order valence-corrected chi connectivity index (χ3v) is 3.38. The Morgan fingerprint density at radius 1 is 1.36 bits per heavy atom. The number of allylic oxidation sites excluding steroid dienone is 1. The van der Waals surface area contributed by atoms with E-state index in [9.17, 15) is 4.79 Å². The van der Waals surface area contributed by atoms with Crippen molar-refractivity contribution in [1.82, 2.24) is 14.9 Å². The van der Waals surface area contributed by atoms with Crippen LogP contribution in [0.15, 0.2) is 55.1 Å². The molecule has 0 atom stereocenters. The number of amides is 1. The predicted molar refractivity (Wildman–Crippen MR) is 88.9 cm³/mol. The average molecular weight is 295 g/mol. The third-order valence-electron chi connectivity index (χ3n) is 3.38. The lowest BCUT2D eigenvalue weighted by Crippen LogP contribution is -2.23. The molecule has 1 aromatic carbocycles. The van der Waals surface area contributed by atoms with Crippen LogP contribution in [-0.2, 0) is 17.8 Å². The summed E-state index contributed by atoms with van der Waals surface area (Å²) >= 11 is 0. The fourth-order valence-electron chi connectivity index (χ4n) is 2.36. The molecular formula is C18H21N3O. The fourth-order valence-corrected chi connectivity index (χ4v) is 2.36.